The van der Waals surface area contributed by atoms with Crippen molar-refractivity contribution in [1.29, 1.82) is 0 Å². The van der Waals surface area contributed by atoms with Crippen molar-refractivity contribution in [2.24, 2.45) is 11.8 Å². The van der Waals surface area contributed by atoms with Gasteiger partial charge < -0.3 is 20.5 Å². The van der Waals surface area contributed by atoms with Gasteiger partial charge in [-0.1, -0.05) is 25.4 Å². The average Bonchev–Trinajstić information content (AvgIpc) is 3.41. The Hall–Kier alpha value is -2.35. The summed E-state index contributed by atoms with van der Waals surface area (Å²) in [6.07, 6.45) is 3.90. The molecule has 8 nitrogen and oxygen atoms in total. The molecule has 0 unspecified atom stereocenters. The molecule has 0 spiro atoms. The van der Waals surface area contributed by atoms with Crippen LogP contribution in [-0.2, 0) is 9.59 Å². The van der Waals surface area contributed by atoms with Crippen molar-refractivity contribution in [3.63, 3.8) is 0 Å². The van der Waals surface area contributed by atoms with Gasteiger partial charge in [0.2, 0.25) is 11.8 Å². The molecule has 148 valence electrons. The first-order chi connectivity index (χ1) is 12.8. The van der Waals surface area contributed by atoms with Gasteiger partial charge in [-0.15, -0.1) is 0 Å². The van der Waals surface area contributed by atoms with E-state index in [4.69, 9.17) is 21.4 Å². The first-order valence-corrected chi connectivity index (χ1v) is 9.22. The molecule has 1 fully saturated rings. The minimum absolute atomic E-state index is 0.106. The number of halogens is 1. The smallest absolute Gasteiger partial charge is 0.326 e. The molecular formula is C18H24ClN3O5. The van der Waals surface area contributed by atoms with Crippen molar-refractivity contribution in [3.05, 3.63) is 22.8 Å². The van der Waals surface area contributed by atoms with Gasteiger partial charge in [0.15, 0.2) is 0 Å². The number of nitrogens with zero attached hydrogens (tertiary/aromatic N) is 1. The molecule has 0 bridgehead atoms. The molecule has 1 aliphatic carbocycles. The fraction of sp³-hybridized carbons (Fsp3) is 0.556. The van der Waals surface area contributed by atoms with E-state index in [-0.39, 0.29) is 28.9 Å². The number of carboxylic acids is 1. The number of hydrogen-bond acceptors (Lipinski definition) is 5. The van der Waals surface area contributed by atoms with Gasteiger partial charge in [-0.05, 0) is 37.2 Å². The van der Waals surface area contributed by atoms with E-state index in [1.165, 1.54) is 12.3 Å². The molecule has 3 N–H and O–H groups in total. The molecule has 0 aromatic carbocycles. The van der Waals surface area contributed by atoms with Crippen molar-refractivity contribution in [2.45, 2.75) is 39.2 Å². The minimum atomic E-state index is -1.11. The van der Waals surface area contributed by atoms with Gasteiger partial charge in [0.1, 0.15) is 11.1 Å². The third-order valence-corrected chi connectivity index (χ3v) is 4.24. The quantitative estimate of drug-likeness (QED) is 0.554. The maximum absolute atomic E-state index is 12.1. The van der Waals surface area contributed by atoms with Crippen LogP contribution < -0.4 is 15.4 Å². The largest absolute Gasteiger partial charge is 0.480 e. The Morgan fingerprint density at radius 2 is 2.07 bits per heavy atom. The maximum Gasteiger partial charge on any atom is 0.326 e. The van der Waals surface area contributed by atoms with Crippen LogP contribution in [0.4, 0.5) is 0 Å². The van der Waals surface area contributed by atoms with Crippen molar-refractivity contribution in [1.82, 2.24) is 15.6 Å². The average molecular weight is 398 g/mol. The molecule has 9 heteroatoms. The lowest BCUT2D eigenvalue weighted by Gasteiger charge is -2.16. The Kier molecular flexibility index (Phi) is 7.41. The van der Waals surface area contributed by atoms with Gasteiger partial charge in [-0.25, -0.2) is 9.78 Å². The number of amides is 2. The monoisotopic (exact) mass is 397 g/mol. The molecule has 1 atom stereocenters. The molecule has 1 aromatic heterocycles. The second-order valence-electron chi connectivity index (χ2n) is 7.04. The van der Waals surface area contributed by atoms with Gasteiger partial charge in [0, 0.05) is 6.20 Å². The summed E-state index contributed by atoms with van der Waals surface area (Å²) in [7, 11) is 0. The Labute approximate surface area is 162 Å². The molecule has 0 saturated heterocycles. The van der Waals surface area contributed by atoms with Gasteiger partial charge >= 0.3 is 5.97 Å². The summed E-state index contributed by atoms with van der Waals surface area (Å²) in [6.45, 7) is 3.93. The number of nitrogens with one attached hydrogen (secondary N) is 2. The molecule has 1 aromatic rings. The number of carboxylic acid groups (broad SMARTS) is 1. The lowest BCUT2D eigenvalue weighted by atomic mass is 10.0. The molecule has 0 radical (unpaired) electrons. The number of pyridine rings is 1. The molecular weight excluding hydrogens is 374 g/mol. The predicted molar refractivity (Wildman–Crippen MR) is 98.8 cm³/mol. The van der Waals surface area contributed by atoms with Crippen LogP contribution >= 0.6 is 11.6 Å². The summed E-state index contributed by atoms with van der Waals surface area (Å²) < 4.78 is 5.50. The SMILES string of the molecule is CC(C)C[C@H](NC(=O)CNC(=O)c1cnc(OCC2CC2)c(Cl)c1)C(=O)O. The summed E-state index contributed by atoms with van der Waals surface area (Å²) in [5.41, 5.74) is 0.184. The Balaban J connectivity index is 1.84. The summed E-state index contributed by atoms with van der Waals surface area (Å²) in [5.74, 6) is -1.30. The van der Waals surface area contributed by atoms with E-state index in [2.05, 4.69) is 15.6 Å². The third-order valence-electron chi connectivity index (χ3n) is 3.97. The minimum Gasteiger partial charge on any atom is -0.480 e. The first kappa shape index (κ1) is 21.0. The number of aliphatic carboxylic acids is 1. The van der Waals surface area contributed by atoms with E-state index in [9.17, 15) is 14.4 Å². The fourth-order valence-electron chi connectivity index (χ4n) is 2.34. The van der Waals surface area contributed by atoms with E-state index in [0.29, 0.717) is 18.9 Å². The Morgan fingerprint density at radius 3 is 2.63 bits per heavy atom. The first-order valence-electron chi connectivity index (χ1n) is 8.85. The van der Waals surface area contributed by atoms with Crippen LogP contribution in [0, 0.1) is 11.8 Å². The predicted octanol–water partition coefficient (Wildman–Crippen LogP) is 1.87. The Morgan fingerprint density at radius 1 is 1.37 bits per heavy atom. The number of carbonyl (C=O) groups is 3. The molecule has 1 aliphatic rings. The molecule has 1 heterocycles. The van der Waals surface area contributed by atoms with E-state index in [1.807, 2.05) is 13.8 Å². The van der Waals surface area contributed by atoms with Crippen LogP contribution in [0.15, 0.2) is 12.3 Å². The zero-order valence-corrected chi connectivity index (χ0v) is 16.1. The Bertz CT molecular complexity index is 706. The molecule has 1 saturated carbocycles. The highest BCUT2D eigenvalue weighted by molar-refractivity contribution is 6.32. The van der Waals surface area contributed by atoms with Crippen molar-refractivity contribution in [2.75, 3.05) is 13.2 Å². The number of carbonyl (C=O) groups excluding carboxylic acids is 2. The van der Waals surface area contributed by atoms with Gasteiger partial charge in [0.25, 0.3) is 5.91 Å². The fourth-order valence-corrected chi connectivity index (χ4v) is 2.56. The number of rotatable bonds is 10. The van der Waals surface area contributed by atoms with E-state index in [1.54, 1.807) is 0 Å². The van der Waals surface area contributed by atoms with Crippen LogP contribution in [-0.4, -0.2) is 47.1 Å². The normalized spacial score (nSPS) is 14.5. The summed E-state index contributed by atoms with van der Waals surface area (Å²) in [6, 6.07) is 0.427. The second kappa shape index (κ2) is 9.55. The molecule has 2 rings (SSSR count). The van der Waals surface area contributed by atoms with Crippen molar-refractivity contribution < 1.29 is 24.2 Å². The topological polar surface area (TPSA) is 118 Å². The molecule has 27 heavy (non-hydrogen) atoms. The van der Waals surface area contributed by atoms with Crippen LogP contribution in [0.3, 0.4) is 0 Å². The van der Waals surface area contributed by atoms with Crippen LogP contribution in [0.5, 0.6) is 5.88 Å². The third kappa shape index (κ3) is 7.05. The zero-order chi connectivity index (χ0) is 20.0. The summed E-state index contributed by atoms with van der Waals surface area (Å²) in [5, 5.41) is 14.2. The lowest BCUT2D eigenvalue weighted by molar-refractivity contribution is -0.142. The number of aromatic nitrogens is 1. The number of ether oxygens (including phenoxy) is 1. The van der Waals surface area contributed by atoms with Gasteiger partial charge in [0.05, 0.1) is 18.7 Å². The van der Waals surface area contributed by atoms with E-state index < -0.39 is 23.8 Å². The van der Waals surface area contributed by atoms with Crippen molar-refractivity contribution >= 4 is 29.4 Å². The molecule has 2 amide bonds. The zero-order valence-electron chi connectivity index (χ0n) is 15.3. The standard InChI is InChI=1S/C18H24ClN3O5/c1-10(2)5-14(18(25)26)22-15(23)8-20-16(24)12-6-13(19)17(21-7-12)27-9-11-3-4-11/h6-7,10-11,14H,3-5,8-9H2,1-2H3,(H,20,24)(H,22,23)(H,25,26)/t14-/m0/s1. The highest BCUT2D eigenvalue weighted by Gasteiger charge is 2.23. The van der Waals surface area contributed by atoms with E-state index >= 15 is 0 Å². The summed E-state index contributed by atoms with van der Waals surface area (Å²) in [4.78, 5) is 39.2. The van der Waals surface area contributed by atoms with Gasteiger partial charge in [-0.2, -0.15) is 0 Å². The van der Waals surface area contributed by atoms with Crippen LogP contribution in [0.1, 0.15) is 43.5 Å². The van der Waals surface area contributed by atoms with Crippen LogP contribution in [0.25, 0.3) is 0 Å². The summed E-state index contributed by atoms with van der Waals surface area (Å²) >= 11 is 6.08. The van der Waals surface area contributed by atoms with Crippen LogP contribution in [0.2, 0.25) is 5.02 Å². The highest BCUT2D eigenvalue weighted by atomic mass is 35.5. The van der Waals surface area contributed by atoms with E-state index in [0.717, 1.165) is 12.8 Å². The highest BCUT2D eigenvalue weighted by Crippen LogP contribution is 2.30. The molecule has 0 aliphatic heterocycles. The maximum atomic E-state index is 12.1. The lowest BCUT2D eigenvalue weighted by Crippen LogP contribution is -2.46. The van der Waals surface area contributed by atoms with Crippen molar-refractivity contribution in [3.8, 4) is 5.88 Å². The second-order valence-corrected chi connectivity index (χ2v) is 7.44. The number of hydrogen-bond donors (Lipinski definition) is 3. The van der Waals surface area contributed by atoms with Gasteiger partial charge in [-0.3, -0.25) is 9.59 Å².